The smallest absolute Gasteiger partial charge is 0.357 e. The zero-order chi connectivity index (χ0) is 11.4. The molecule has 16 heavy (non-hydrogen) atoms. The molecule has 3 nitrogen and oxygen atoms in total. The van der Waals surface area contributed by atoms with Crippen molar-refractivity contribution in [2.24, 2.45) is 0 Å². The molecule has 0 unspecified atom stereocenters. The first-order valence-corrected chi connectivity index (χ1v) is 5.97. The molecule has 1 aliphatic rings. The number of esters is 1. The highest BCUT2D eigenvalue weighted by molar-refractivity contribution is 6.29. The zero-order valence-electron chi connectivity index (χ0n) is 8.99. The van der Waals surface area contributed by atoms with Gasteiger partial charge < -0.3 is 4.74 Å². The van der Waals surface area contributed by atoms with E-state index in [-0.39, 0.29) is 17.8 Å². The van der Waals surface area contributed by atoms with Crippen LogP contribution in [0.25, 0.3) is 0 Å². The number of pyridine rings is 1. The molecule has 0 saturated heterocycles. The fourth-order valence-electron chi connectivity index (χ4n) is 1.92. The van der Waals surface area contributed by atoms with Crippen LogP contribution < -0.4 is 0 Å². The van der Waals surface area contributed by atoms with Gasteiger partial charge >= 0.3 is 5.97 Å². The summed E-state index contributed by atoms with van der Waals surface area (Å²) in [6.07, 6.45) is 5.51. The second-order valence-corrected chi connectivity index (χ2v) is 4.40. The van der Waals surface area contributed by atoms with E-state index in [1.54, 1.807) is 18.2 Å². The van der Waals surface area contributed by atoms with E-state index in [1.165, 1.54) is 6.42 Å². The quantitative estimate of drug-likeness (QED) is 0.588. The van der Waals surface area contributed by atoms with Crippen LogP contribution in [0.2, 0.25) is 5.15 Å². The van der Waals surface area contributed by atoms with Crippen LogP contribution in [0.3, 0.4) is 0 Å². The van der Waals surface area contributed by atoms with Gasteiger partial charge in [-0.25, -0.2) is 9.78 Å². The first kappa shape index (κ1) is 11.4. The van der Waals surface area contributed by atoms with Crippen LogP contribution in [-0.2, 0) is 4.74 Å². The molecule has 1 fully saturated rings. The van der Waals surface area contributed by atoms with Crippen LogP contribution in [0.15, 0.2) is 18.2 Å². The van der Waals surface area contributed by atoms with E-state index in [1.807, 2.05) is 0 Å². The van der Waals surface area contributed by atoms with E-state index in [0.29, 0.717) is 5.15 Å². The van der Waals surface area contributed by atoms with E-state index in [2.05, 4.69) is 4.98 Å². The van der Waals surface area contributed by atoms with Crippen LogP contribution in [0.1, 0.15) is 42.6 Å². The number of hydrogen-bond acceptors (Lipinski definition) is 3. The van der Waals surface area contributed by atoms with Crippen molar-refractivity contribution in [1.82, 2.24) is 4.98 Å². The van der Waals surface area contributed by atoms with Crippen molar-refractivity contribution in [1.29, 1.82) is 0 Å². The number of nitrogens with zero attached hydrogens (tertiary/aromatic N) is 1. The van der Waals surface area contributed by atoms with Crippen LogP contribution in [0.5, 0.6) is 0 Å². The Hall–Kier alpha value is -1.09. The summed E-state index contributed by atoms with van der Waals surface area (Å²) in [4.78, 5) is 15.7. The standard InChI is InChI=1S/C12H14ClNO2/c13-11-8-4-7-10(14-11)12(15)16-9-5-2-1-3-6-9/h4,7-9H,1-3,5-6H2. The molecule has 0 radical (unpaired) electrons. The van der Waals surface area contributed by atoms with Gasteiger partial charge in [0.25, 0.3) is 0 Å². The maximum Gasteiger partial charge on any atom is 0.357 e. The highest BCUT2D eigenvalue weighted by Crippen LogP contribution is 2.21. The number of aromatic nitrogens is 1. The predicted octanol–water partition coefficient (Wildman–Crippen LogP) is 3.22. The molecule has 2 rings (SSSR count). The Balaban J connectivity index is 1.97. The van der Waals surface area contributed by atoms with E-state index in [4.69, 9.17) is 16.3 Å². The Bertz CT molecular complexity index is 375. The molecule has 0 spiro atoms. The van der Waals surface area contributed by atoms with Crippen molar-refractivity contribution in [3.63, 3.8) is 0 Å². The van der Waals surface area contributed by atoms with Crippen molar-refractivity contribution < 1.29 is 9.53 Å². The second kappa shape index (κ2) is 5.30. The molecular weight excluding hydrogens is 226 g/mol. The normalized spacial score (nSPS) is 17.1. The van der Waals surface area contributed by atoms with Crippen LogP contribution in [0, 0.1) is 0 Å². The molecule has 1 aromatic rings. The van der Waals surface area contributed by atoms with Crippen molar-refractivity contribution in [3.8, 4) is 0 Å². The lowest BCUT2D eigenvalue weighted by Gasteiger charge is -2.21. The topological polar surface area (TPSA) is 39.2 Å². The van der Waals surface area contributed by atoms with Gasteiger partial charge in [-0.3, -0.25) is 0 Å². The Morgan fingerprint density at radius 2 is 2.06 bits per heavy atom. The molecule has 1 aromatic heterocycles. The maximum absolute atomic E-state index is 11.7. The minimum absolute atomic E-state index is 0.0574. The summed E-state index contributed by atoms with van der Waals surface area (Å²) in [7, 11) is 0. The molecule has 0 atom stereocenters. The summed E-state index contributed by atoms with van der Waals surface area (Å²) < 4.78 is 5.37. The first-order valence-electron chi connectivity index (χ1n) is 5.59. The number of carbonyl (C=O) groups is 1. The van der Waals surface area contributed by atoms with Crippen LogP contribution >= 0.6 is 11.6 Å². The van der Waals surface area contributed by atoms with E-state index < -0.39 is 0 Å². The molecule has 4 heteroatoms. The van der Waals surface area contributed by atoms with Crippen molar-refractivity contribution >= 4 is 17.6 Å². The Kier molecular flexibility index (Phi) is 3.78. The molecule has 0 amide bonds. The van der Waals surface area contributed by atoms with Gasteiger partial charge in [-0.1, -0.05) is 24.1 Å². The summed E-state index contributed by atoms with van der Waals surface area (Å²) >= 11 is 5.71. The van der Waals surface area contributed by atoms with E-state index in [9.17, 15) is 4.79 Å². The summed E-state index contributed by atoms with van der Waals surface area (Å²) in [5.74, 6) is -0.366. The molecule has 1 heterocycles. The van der Waals surface area contributed by atoms with Gasteiger partial charge in [0.15, 0.2) is 0 Å². The SMILES string of the molecule is O=C(OC1CCCCC1)c1cccc(Cl)n1. The highest BCUT2D eigenvalue weighted by Gasteiger charge is 2.19. The van der Waals surface area contributed by atoms with E-state index >= 15 is 0 Å². The minimum Gasteiger partial charge on any atom is -0.458 e. The first-order chi connectivity index (χ1) is 7.75. The van der Waals surface area contributed by atoms with Crippen LogP contribution in [0.4, 0.5) is 0 Å². The average molecular weight is 240 g/mol. The monoisotopic (exact) mass is 239 g/mol. The van der Waals surface area contributed by atoms with Crippen LogP contribution in [-0.4, -0.2) is 17.1 Å². The second-order valence-electron chi connectivity index (χ2n) is 4.01. The summed E-state index contributed by atoms with van der Waals surface area (Å²) in [5, 5.41) is 0.318. The van der Waals surface area contributed by atoms with Crippen molar-refractivity contribution in [3.05, 3.63) is 29.0 Å². The molecule has 0 aliphatic heterocycles. The lowest BCUT2D eigenvalue weighted by atomic mass is 9.98. The third-order valence-electron chi connectivity index (χ3n) is 2.75. The third kappa shape index (κ3) is 2.95. The maximum atomic E-state index is 11.7. The Morgan fingerprint density at radius 3 is 2.75 bits per heavy atom. The molecule has 1 aliphatic carbocycles. The fourth-order valence-corrected chi connectivity index (χ4v) is 2.08. The molecule has 0 aromatic carbocycles. The molecule has 86 valence electrons. The largest absolute Gasteiger partial charge is 0.458 e. The van der Waals surface area contributed by atoms with Gasteiger partial charge in [0, 0.05) is 0 Å². The van der Waals surface area contributed by atoms with Gasteiger partial charge in [-0.15, -0.1) is 0 Å². The van der Waals surface area contributed by atoms with Crippen molar-refractivity contribution in [2.45, 2.75) is 38.2 Å². The number of ether oxygens (including phenoxy) is 1. The predicted molar refractivity (Wildman–Crippen MR) is 61.5 cm³/mol. The minimum atomic E-state index is -0.366. The number of carbonyl (C=O) groups excluding carboxylic acids is 1. The number of rotatable bonds is 2. The third-order valence-corrected chi connectivity index (χ3v) is 2.96. The van der Waals surface area contributed by atoms with Gasteiger partial charge in [-0.05, 0) is 37.8 Å². The lowest BCUT2D eigenvalue weighted by molar-refractivity contribution is 0.0204. The van der Waals surface area contributed by atoms with Gasteiger partial charge in [0.05, 0.1) is 0 Å². The van der Waals surface area contributed by atoms with Gasteiger partial charge in [-0.2, -0.15) is 0 Å². The molecular formula is C12H14ClNO2. The molecule has 0 N–H and O–H groups in total. The fraction of sp³-hybridized carbons (Fsp3) is 0.500. The Labute approximate surface area is 99.8 Å². The molecule has 0 bridgehead atoms. The average Bonchev–Trinajstić information content (AvgIpc) is 2.30. The van der Waals surface area contributed by atoms with Gasteiger partial charge in [0.2, 0.25) is 0 Å². The summed E-state index contributed by atoms with van der Waals surface area (Å²) in [6.45, 7) is 0. The Morgan fingerprint density at radius 1 is 1.31 bits per heavy atom. The lowest BCUT2D eigenvalue weighted by Crippen LogP contribution is -2.21. The molecule has 1 saturated carbocycles. The van der Waals surface area contributed by atoms with Gasteiger partial charge in [0.1, 0.15) is 17.0 Å². The van der Waals surface area contributed by atoms with E-state index in [0.717, 1.165) is 25.7 Å². The summed E-state index contributed by atoms with van der Waals surface area (Å²) in [6, 6.07) is 4.96. The highest BCUT2D eigenvalue weighted by atomic mass is 35.5. The number of hydrogen-bond donors (Lipinski definition) is 0. The summed E-state index contributed by atoms with van der Waals surface area (Å²) in [5.41, 5.74) is 0.290. The zero-order valence-corrected chi connectivity index (χ0v) is 9.74. The number of halogens is 1. The van der Waals surface area contributed by atoms with Crippen molar-refractivity contribution in [2.75, 3.05) is 0 Å².